The first-order valence-corrected chi connectivity index (χ1v) is 17.3. The molecule has 1 aliphatic rings. The van der Waals surface area contributed by atoms with E-state index < -0.39 is 0 Å². The van der Waals surface area contributed by atoms with Crippen LogP contribution in [-0.4, -0.2) is 19.5 Å². The van der Waals surface area contributed by atoms with Crippen molar-refractivity contribution >= 4 is 60.8 Å². The molecule has 0 amide bonds. The van der Waals surface area contributed by atoms with E-state index in [1.54, 1.807) is 0 Å². The zero-order valence-electron chi connectivity index (χ0n) is 27.4. The molecule has 4 aromatic heterocycles. The average Bonchev–Trinajstić information content (AvgIpc) is 3.88. The molecule has 11 rings (SSSR count). The van der Waals surface area contributed by atoms with Crippen molar-refractivity contribution in [1.82, 2.24) is 19.5 Å². The van der Waals surface area contributed by atoms with E-state index in [9.17, 15) is 0 Å². The molecule has 0 bridgehead atoms. The maximum Gasteiger partial charge on any atom is 0.164 e. The van der Waals surface area contributed by atoms with Crippen molar-refractivity contribution in [1.29, 1.82) is 0 Å². The van der Waals surface area contributed by atoms with Crippen LogP contribution in [0, 0.1) is 0 Å². The standard InChI is InChI=1S/C45H28N4O2/c1-3-13-27(14-4-1)43-46-44(28-15-5-2-6-16-28)48-45(47-43)33-20-12-24-38-39(33)32-19-11-22-36(41(32)51-38)49-34-21-9-7-18-31(34)40-35(49)26-25-30-29-17-8-10-23-37(29)50-42(30)40/h1-7,9-16,18-26H,8,17H2. The van der Waals surface area contributed by atoms with Gasteiger partial charge in [0.1, 0.15) is 16.9 Å². The van der Waals surface area contributed by atoms with E-state index in [0.717, 1.165) is 90.3 Å². The highest BCUT2D eigenvalue weighted by molar-refractivity contribution is 6.21. The second-order valence-electron chi connectivity index (χ2n) is 13.0. The zero-order chi connectivity index (χ0) is 33.5. The molecule has 10 aromatic rings. The number of allylic oxidation sites excluding steroid dienone is 1. The largest absolute Gasteiger partial charge is 0.456 e. The lowest BCUT2D eigenvalue weighted by Crippen LogP contribution is -2.00. The number of hydrogen-bond donors (Lipinski definition) is 0. The van der Waals surface area contributed by atoms with E-state index in [0.29, 0.717) is 17.5 Å². The Morgan fingerprint density at radius 1 is 0.510 bits per heavy atom. The van der Waals surface area contributed by atoms with Crippen LogP contribution >= 0.6 is 0 Å². The monoisotopic (exact) mass is 656 g/mol. The summed E-state index contributed by atoms with van der Waals surface area (Å²) in [4.78, 5) is 15.0. The van der Waals surface area contributed by atoms with Crippen molar-refractivity contribution in [2.45, 2.75) is 12.8 Å². The first-order valence-electron chi connectivity index (χ1n) is 17.3. The number of furan rings is 2. The molecule has 0 radical (unpaired) electrons. The summed E-state index contributed by atoms with van der Waals surface area (Å²) in [7, 11) is 0. The van der Waals surface area contributed by atoms with E-state index in [1.165, 1.54) is 10.9 Å². The van der Waals surface area contributed by atoms with Gasteiger partial charge in [-0.25, -0.2) is 15.0 Å². The lowest BCUT2D eigenvalue weighted by molar-refractivity contribution is 0.598. The fourth-order valence-corrected chi connectivity index (χ4v) is 7.87. The van der Waals surface area contributed by atoms with E-state index >= 15 is 0 Å². The first-order chi connectivity index (χ1) is 25.3. The van der Waals surface area contributed by atoms with Crippen LogP contribution in [0.4, 0.5) is 0 Å². The van der Waals surface area contributed by atoms with Crippen LogP contribution in [0.3, 0.4) is 0 Å². The molecule has 0 saturated carbocycles. The highest BCUT2D eigenvalue weighted by Crippen LogP contribution is 2.44. The fraction of sp³-hybridized carbons (Fsp3) is 0.0444. The van der Waals surface area contributed by atoms with Gasteiger partial charge in [-0.05, 0) is 49.2 Å². The number of nitrogens with zero attached hydrogens (tertiary/aromatic N) is 4. The fourth-order valence-electron chi connectivity index (χ4n) is 7.87. The Bertz CT molecular complexity index is 2970. The zero-order valence-corrected chi connectivity index (χ0v) is 27.4. The molecule has 240 valence electrons. The minimum absolute atomic E-state index is 0.594. The SMILES string of the molecule is C1=Cc2oc3c(ccc4c3c3ccccc3n4-c3cccc4c3oc3cccc(-c5nc(-c6ccccc6)nc(-c6ccccc6)n5)c34)c2CC1. The van der Waals surface area contributed by atoms with Gasteiger partial charge >= 0.3 is 0 Å². The van der Waals surface area contributed by atoms with Crippen LogP contribution in [0.25, 0.3) is 101 Å². The van der Waals surface area contributed by atoms with E-state index in [2.05, 4.69) is 77.4 Å². The summed E-state index contributed by atoms with van der Waals surface area (Å²) in [5.74, 6) is 2.81. The molecular weight excluding hydrogens is 629 g/mol. The van der Waals surface area contributed by atoms with Gasteiger partial charge in [0, 0.05) is 43.8 Å². The minimum atomic E-state index is 0.594. The van der Waals surface area contributed by atoms with Crippen LogP contribution < -0.4 is 0 Å². The van der Waals surface area contributed by atoms with Crippen LogP contribution in [0.1, 0.15) is 17.7 Å². The molecule has 1 aliphatic carbocycles. The Kier molecular flexibility index (Phi) is 5.98. The quantitative estimate of drug-likeness (QED) is 0.189. The minimum Gasteiger partial charge on any atom is -0.456 e. The molecule has 0 spiro atoms. The van der Waals surface area contributed by atoms with Gasteiger partial charge in [-0.1, -0.05) is 109 Å². The Labute approximate surface area is 291 Å². The van der Waals surface area contributed by atoms with Crippen molar-refractivity contribution in [2.24, 2.45) is 0 Å². The second-order valence-corrected chi connectivity index (χ2v) is 13.0. The number of para-hydroxylation sites is 2. The predicted molar refractivity (Wildman–Crippen MR) is 205 cm³/mol. The van der Waals surface area contributed by atoms with Crippen LogP contribution in [-0.2, 0) is 6.42 Å². The molecule has 0 unspecified atom stereocenters. The summed E-state index contributed by atoms with van der Waals surface area (Å²) in [5.41, 5.74) is 9.67. The number of benzene rings is 6. The summed E-state index contributed by atoms with van der Waals surface area (Å²) >= 11 is 0. The van der Waals surface area contributed by atoms with E-state index in [-0.39, 0.29) is 0 Å². The lowest BCUT2D eigenvalue weighted by Gasteiger charge is -2.09. The number of aromatic nitrogens is 4. The Hall–Kier alpha value is -6.79. The molecule has 4 heterocycles. The van der Waals surface area contributed by atoms with Gasteiger partial charge in [0.25, 0.3) is 0 Å². The van der Waals surface area contributed by atoms with Crippen molar-refractivity contribution < 1.29 is 8.83 Å². The van der Waals surface area contributed by atoms with Gasteiger partial charge < -0.3 is 13.4 Å². The van der Waals surface area contributed by atoms with Crippen LogP contribution in [0.5, 0.6) is 0 Å². The van der Waals surface area contributed by atoms with Gasteiger partial charge in [0.15, 0.2) is 23.1 Å². The third-order valence-corrected chi connectivity index (χ3v) is 10.1. The molecule has 0 fully saturated rings. The van der Waals surface area contributed by atoms with Gasteiger partial charge in [-0.3, -0.25) is 0 Å². The maximum absolute atomic E-state index is 6.83. The molecule has 6 heteroatoms. The van der Waals surface area contributed by atoms with Crippen LogP contribution in [0.2, 0.25) is 0 Å². The normalized spacial score (nSPS) is 12.9. The predicted octanol–water partition coefficient (Wildman–Crippen LogP) is 11.6. The Balaban J connectivity index is 1.17. The Morgan fingerprint density at radius 3 is 2.02 bits per heavy atom. The molecule has 51 heavy (non-hydrogen) atoms. The highest BCUT2D eigenvalue weighted by atomic mass is 16.3. The summed E-state index contributed by atoms with van der Waals surface area (Å²) in [6, 6.07) is 45.6. The molecular formula is C45H28N4O2. The van der Waals surface area contributed by atoms with Gasteiger partial charge in [-0.2, -0.15) is 0 Å². The third-order valence-electron chi connectivity index (χ3n) is 10.1. The van der Waals surface area contributed by atoms with Gasteiger partial charge in [-0.15, -0.1) is 0 Å². The highest BCUT2D eigenvalue weighted by Gasteiger charge is 2.24. The van der Waals surface area contributed by atoms with Crippen molar-refractivity contribution in [3.05, 3.63) is 151 Å². The number of rotatable bonds is 4. The lowest BCUT2D eigenvalue weighted by atomic mass is 10.00. The number of aryl methyl sites for hydroxylation is 1. The first kappa shape index (κ1) is 28.1. The average molecular weight is 657 g/mol. The summed E-state index contributed by atoms with van der Waals surface area (Å²) in [5, 5.41) is 5.41. The molecule has 0 saturated heterocycles. The maximum atomic E-state index is 6.83. The third kappa shape index (κ3) is 4.20. The molecule has 6 nitrogen and oxygen atoms in total. The van der Waals surface area contributed by atoms with E-state index in [4.69, 9.17) is 23.8 Å². The summed E-state index contributed by atoms with van der Waals surface area (Å²) in [6.07, 6.45) is 6.34. The molecule has 0 aliphatic heterocycles. The van der Waals surface area contributed by atoms with Gasteiger partial charge in [0.2, 0.25) is 0 Å². The van der Waals surface area contributed by atoms with Crippen molar-refractivity contribution in [2.75, 3.05) is 0 Å². The van der Waals surface area contributed by atoms with E-state index in [1.807, 2.05) is 72.8 Å². The Morgan fingerprint density at radius 2 is 1.22 bits per heavy atom. The summed E-state index contributed by atoms with van der Waals surface area (Å²) < 4.78 is 15.7. The number of fused-ring (bicyclic) bond motifs is 10. The molecule has 0 N–H and O–H groups in total. The second kappa shape index (κ2) is 10.9. The van der Waals surface area contributed by atoms with Crippen molar-refractivity contribution in [3.63, 3.8) is 0 Å². The van der Waals surface area contributed by atoms with Gasteiger partial charge in [0.05, 0.1) is 22.1 Å². The summed E-state index contributed by atoms with van der Waals surface area (Å²) in [6.45, 7) is 0. The van der Waals surface area contributed by atoms with Crippen molar-refractivity contribution in [3.8, 4) is 39.9 Å². The van der Waals surface area contributed by atoms with Crippen LogP contribution in [0.15, 0.2) is 148 Å². The smallest absolute Gasteiger partial charge is 0.164 e. The topological polar surface area (TPSA) is 69.9 Å². The molecule has 6 aromatic carbocycles. The number of hydrogen-bond acceptors (Lipinski definition) is 5. The molecule has 0 atom stereocenters.